The van der Waals surface area contributed by atoms with Crippen LogP contribution in [0.5, 0.6) is 0 Å². The normalized spacial score (nSPS) is 12.8. The van der Waals surface area contributed by atoms with Gasteiger partial charge < -0.3 is 9.32 Å². The quantitative estimate of drug-likeness (QED) is 0.687. The molecule has 0 bridgehead atoms. The molecule has 0 radical (unpaired) electrons. The van der Waals surface area contributed by atoms with Crippen molar-refractivity contribution in [2.45, 2.75) is 19.4 Å². The van der Waals surface area contributed by atoms with Crippen LogP contribution in [0, 0.1) is 11.3 Å². The Morgan fingerprint density at radius 2 is 2.23 bits per heavy atom. The van der Waals surface area contributed by atoms with E-state index < -0.39 is 0 Å². The molecular weight excluding hydrogens is 168 g/mol. The van der Waals surface area contributed by atoms with Crippen molar-refractivity contribution in [2.24, 2.45) is 0 Å². The zero-order valence-corrected chi connectivity index (χ0v) is 7.98. The van der Waals surface area contributed by atoms with E-state index in [4.69, 9.17) is 9.68 Å². The molecule has 1 heterocycles. The topological polar surface area (TPSA) is 66.0 Å². The smallest absolute Gasteiger partial charge is 0.233 e. The molecular formula is C8H12N4O. The lowest BCUT2D eigenvalue weighted by Crippen LogP contribution is -2.10. The molecule has 0 aromatic carbocycles. The first-order chi connectivity index (χ1) is 6.13. The maximum Gasteiger partial charge on any atom is 0.233 e. The van der Waals surface area contributed by atoms with Crippen molar-refractivity contribution in [3.8, 4) is 6.07 Å². The van der Waals surface area contributed by atoms with Gasteiger partial charge in [0.2, 0.25) is 11.8 Å². The van der Waals surface area contributed by atoms with E-state index in [2.05, 4.69) is 10.2 Å². The number of rotatable bonds is 3. The fourth-order valence-electron chi connectivity index (χ4n) is 0.831. The van der Waals surface area contributed by atoms with Gasteiger partial charge in [-0.1, -0.05) is 0 Å². The van der Waals surface area contributed by atoms with Crippen molar-refractivity contribution in [2.75, 3.05) is 14.1 Å². The van der Waals surface area contributed by atoms with Crippen molar-refractivity contribution in [1.82, 2.24) is 15.1 Å². The molecule has 0 saturated carbocycles. The summed E-state index contributed by atoms with van der Waals surface area (Å²) in [7, 11) is 3.83. The van der Waals surface area contributed by atoms with Crippen LogP contribution in [0.2, 0.25) is 0 Å². The van der Waals surface area contributed by atoms with Gasteiger partial charge in [0.05, 0.1) is 12.6 Å². The third-order valence-corrected chi connectivity index (χ3v) is 1.50. The molecule has 1 aromatic rings. The predicted octanol–water partition coefficient (Wildman–Crippen LogP) is 0.758. The second kappa shape index (κ2) is 4.01. The van der Waals surface area contributed by atoms with Gasteiger partial charge in [-0.05, 0) is 21.0 Å². The van der Waals surface area contributed by atoms with E-state index in [-0.39, 0.29) is 5.92 Å². The molecule has 0 aliphatic heterocycles. The third-order valence-electron chi connectivity index (χ3n) is 1.50. The Kier molecular flexibility index (Phi) is 2.98. The predicted molar refractivity (Wildman–Crippen MR) is 45.7 cm³/mol. The second-order valence-electron chi connectivity index (χ2n) is 3.12. The summed E-state index contributed by atoms with van der Waals surface area (Å²) in [6.45, 7) is 2.33. The molecule has 0 spiro atoms. The summed E-state index contributed by atoms with van der Waals surface area (Å²) in [5, 5.41) is 16.2. The maximum atomic E-state index is 8.59. The second-order valence-corrected chi connectivity index (χ2v) is 3.12. The van der Waals surface area contributed by atoms with Crippen LogP contribution in [-0.2, 0) is 6.54 Å². The van der Waals surface area contributed by atoms with Gasteiger partial charge in [-0.25, -0.2) is 0 Å². The summed E-state index contributed by atoms with van der Waals surface area (Å²) in [5.41, 5.74) is 0. The fraction of sp³-hybridized carbons (Fsp3) is 0.625. The lowest BCUT2D eigenvalue weighted by atomic mass is 10.2. The van der Waals surface area contributed by atoms with E-state index in [0.29, 0.717) is 18.3 Å². The Labute approximate surface area is 77.0 Å². The number of nitriles is 1. The molecule has 1 unspecified atom stereocenters. The van der Waals surface area contributed by atoms with Crippen LogP contribution in [0.4, 0.5) is 0 Å². The van der Waals surface area contributed by atoms with Gasteiger partial charge in [-0.2, -0.15) is 5.26 Å². The van der Waals surface area contributed by atoms with Crippen molar-refractivity contribution >= 4 is 0 Å². The van der Waals surface area contributed by atoms with Crippen molar-refractivity contribution in [3.05, 3.63) is 11.8 Å². The average molecular weight is 180 g/mol. The maximum absolute atomic E-state index is 8.59. The molecule has 0 amide bonds. The minimum Gasteiger partial charge on any atom is -0.422 e. The molecule has 0 saturated heterocycles. The Morgan fingerprint density at radius 1 is 1.54 bits per heavy atom. The van der Waals surface area contributed by atoms with Gasteiger partial charge in [-0.15, -0.1) is 10.2 Å². The first kappa shape index (κ1) is 9.68. The third kappa shape index (κ3) is 2.53. The van der Waals surface area contributed by atoms with Crippen molar-refractivity contribution in [1.29, 1.82) is 5.26 Å². The zero-order chi connectivity index (χ0) is 9.84. The number of aromatic nitrogens is 2. The molecule has 13 heavy (non-hydrogen) atoms. The van der Waals surface area contributed by atoms with E-state index in [0.717, 1.165) is 0 Å². The van der Waals surface area contributed by atoms with Crippen molar-refractivity contribution < 1.29 is 4.42 Å². The first-order valence-corrected chi connectivity index (χ1v) is 4.00. The van der Waals surface area contributed by atoms with Gasteiger partial charge in [0.15, 0.2) is 0 Å². The Hall–Kier alpha value is -1.41. The highest BCUT2D eigenvalue weighted by Crippen LogP contribution is 2.12. The largest absolute Gasteiger partial charge is 0.422 e. The molecule has 1 atom stereocenters. The van der Waals surface area contributed by atoms with Crippen LogP contribution in [-0.4, -0.2) is 29.2 Å². The molecule has 0 fully saturated rings. The van der Waals surface area contributed by atoms with E-state index in [1.165, 1.54) is 0 Å². The van der Waals surface area contributed by atoms with Gasteiger partial charge in [0, 0.05) is 0 Å². The Bertz CT molecular complexity index is 312. The lowest BCUT2D eigenvalue weighted by Gasteiger charge is -2.03. The summed E-state index contributed by atoms with van der Waals surface area (Å²) in [6, 6.07) is 2.04. The summed E-state index contributed by atoms with van der Waals surface area (Å²) >= 11 is 0. The van der Waals surface area contributed by atoms with E-state index in [9.17, 15) is 0 Å². The van der Waals surface area contributed by atoms with Crippen LogP contribution >= 0.6 is 0 Å². The number of hydrogen-bond acceptors (Lipinski definition) is 5. The van der Waals surface area contributed by atoms with Crippen LogP contribution in [0.1, 0.15) is 24.6 Å². The lowest BCUT2D eigenvalue weighted by molar-refractivity contribution is 0.331. The highest BCUT2D eigenvalue weighted by molar-refractivity contribution is 5.01. The standard InChI is InChI=1S/C8H12N4O/c1-6(4-9)8-11-10-7(13-8)5-12(2)3/h6H,5H2,1-3H3. The van der Waals surface area contributed by atoms with E-state index in [1.54, 1.807) is 6.92 Å². The van der Waals surface area contributed by atoms with Gasteiger partial charge in [0.25, 0.3) is 0 Å². The van der Waals surface area contributed by atoms with Crippen LogP contribution in [0.3, 0.4) is 0 Å². The average Bonchev–Trinajstić information content (AvgIpc) is 2.50. The first-order valence-electron chi connectivity index (χ1n) is 4.00. The minimum atomic E-state index is -0.330. The summed E-state index contributed by atoms with van der Waals surface area (Å²) in [4.78, 5) is 1.92. The molecule has 5 heteroatoms. The molecule has 1 rings (SSSR count). The molecule has 5 nitrogen and oxygen atoms in total. The van der Waals surface area contributed by atoms with E-state index >= 15 is 0 Å². The SMILES string of the molecule is CC(C#N)c1nnc(CN(C)C)o1. The zero-order valence-electron chi connectivity index (χ0n) is 7.98. The van der Waals surface area contributed by atoms with Gasteiger partial charge >= 0.3 is 0 Å². The highest BCUT2D eigenvalue weighted by atomic mass is 16.4. The number of nitrogens with zero attached hydrogens (tertiary/aromatic N) is 4. The van der Waals surface area contributed by atoms with Gasteiger partial charge in [0.1, 0.15) is 5.92 Å². The molecule has 0 aliphatic carbocycles. The fourth-order valence-corrected chi connectivity index (χ4v) is 0.831. The van der Waals surface area contributed by atoms with Crippen LogP contribution in [0.15, 0.2) is 4.42 Å². The molecule has 70 valence electrons. The van der Waals surface area contributed by atoms with Gasteiger partial charge in [-0.3, -0.25) is 0 Å². The van der Waals surface area contributed by atoms with Crippen molar-refractivity contribution in [3.63, 3.8) is 0 Å². The Morgan fingerprint density at radius 3 is 2.77 bits per heavy atom. The number of hydrogen-bond donors (Lipinski definition) is 0. The Balaban J connectivity index is 2.70. The van der Waals surface area contributed by atoms with Crippen LogP contribution < -0.4 is 0 Å². The molecule has 1 aromatic heterocycles. The molecule has 0 aliphatic rings. The van der Waals surface area contributed by atoms with E-state index in [1.807, 2.05) is 25.1 Å². The molecule has 0 N–H and O–H groups in total. The van der Waals surface area contributed by atoms with Crippen LogP contribution in [0.25, 0.3) is 0 Å². The monoisotopic (exact) mass is 180 g/mol. The summed E-state index contributed by atoms with van der Waals surface area (Å²) in [6.07, 6.45) is 0. The summed E-state index contributed by atoms with van der Waals surface area (Å²) in [5.74, 6) is 0.602. The minimum absolute atomic E-state index is 0.330. The highest BCUT2D eigenvalue weighted by Gasteiger charge is 2.12. The summed E-state index contributed by atoms with van der Waals surface area (Å²) < 4.78 is 5.26.